The number of aromatic nitrogens is 3. The third-order valence-electron chi connectivity index (χ3n) is 2.62. The van der Waals surface area contributed by atoms with E-state index < -0.39 is 0 Å². The van der Waals surface area contributed by atoms with Gasteiger partial charge in [0.1, 0.15) is 6.61 Å². The molecule has 2 aromatic rings. The van der Waals surface area contributed by atoms with E-state index in [0.29, 0.717) is 36.4 Å². The molecular formula is C13H17N3O3. The van der Waals surface area contributed by atoms with E-state index in [4.69, 9.17) is 14.2 Å². The first-order valence-electron chi connectivity index (χ1n) is 6.00. The van der Waals surface area contributed by atoms with E-state index in [1.807, 2.05) is 25.1 Å². The van der Waals surface area contributed by atoms with E-state index in [9.17, 15) is 0 Å². The maximum absolute atomic E-state index is 5.27. The van der Waals surface area contributed by atoms with Crippen molar-refractivity contribution in [3.63, 3.8) is 0 Å². The number of benzene rings is 1. The highest BCUT2D eigenvalue weighted by atomic mass is 16.5. The minimum atomic E-state index is 0.427. The highest BCUT2D eigenvalue weighted by molar-refractivity contribution is 5.60. The minimum Gasteiger partial charge on any atom is -0.493 e. The van der Waals surface area contributed by atoms with Gasteiger partial charge in [-0.1, -0.05) is 0 Å². The number of hydrogen-bond donors (Lipinski definition) is 1. The van der Waals surface area contributed by atoms with Crippen LogP contribution in [0.3, 0.4) is 0 Å². The minimum absolute atomic E-state index is 0.427. The van der Waals surface area contributed by atoms with Crippen molar-refractivity contribution >= 4 is 0 Å². The van der Waals surface area contributed by atoms with E-state index >= 15 is 0 Å². The van der Waals surface area contributed by atoms with Crippen molar-refractivity contribution in [1.29, 1.82) is 0 Å². The molecule has 6 nitrogen and oxygen atoms in total. The first-order chi connectivity index (χ1) is 9.28. The topological polar surface area (TPSA) is 69.3 Å². The lowest BCUT2D eigenvalue weighted by Crippen LogP contribution is -1.94. The fourth-order valence-electron chi connectivity index (χ4n) is 1.66. The van der Waals surface area contributed by atoms with Crippen LogP contribution >= 0.6 is 0 Å². The van der Waals surface area contributed by atoms with E-state index in [0.717, 1.165) is 5.56 Å². The second-order valence-electron chi connectivity index (χ2n) is 3.81. The van der Waals surface area contributed by atoms with Crippen LogP contribution in [-0.2, 0) is 11.3 Å². The van der Waals surface area contributed by atoms with Crippen LogP contribution in [0.1, 0.15) is 12.7 Å². The molecule has 0 aliphatic carbocycles. The van der Waals surface area contributed by atoms with Gasteiger partial charge >= 0.3 is 0 Å². The summed E-state index contributed by atoms with van der Waals surface area (Å²) in [5.74, 6) is 2.63. The summed E-state index contributed by atoms with van der Waals surface area (Å²) in [6.07, 6.45) is 0. The number of nitrogens with one attached hydrogen (secondary N) is 1. The Bertz CT molecular complexity index is 540. The van der Waals surface area contributed by atoms with Crippen LogP contribution in [0.5, 0.6) is 11.5 Å². The zero-order chi connectivity index (χ0) is 13.7. The molecule has 0 fully saturated rings. The van der Waals surface area contributed by atoms with Gasteiger partial charge in [-0.05, 0) is 25.1 Å². The fourth-order valence-corrected chi connectivity index (χ4v) is 1.66. The third kappa shape index (κ3) is 3.03. The molecule has 0 atom stereocenters. The second-order valence-corrected chi connectivity index (χ2v) is 3.81. The Morgan fingerprint density at radius 2 is 1.95 bits per heavy atom. The summed E-state index contributed by atoms with van der Waals surface area (Å²) in [6, 6.07) is 5.55. The molecule has 0 amide bonds. The molecule has 0 aliphatic rings. The summed E-state index contributed by atoms with van der Waals surface area (Å²) in [6.45, 7) is 3.01. The number of hydrogen-bond acceptors (Lipinski definition) is 5. The SMILES string of the molecule is CCOCc1nc(-c2ccc(OC)c(OC)c2)n[nH]1. The maximum Gasteiger partial charge on any atom is 0.181 e. The molecule has 0 saturated heterocycles. The Balaban J connectivity index is 2.23. The summed E-state index contributed by atoms with van der Waals surface area (Å²) < 4.78 is 15.7. The molecule has 0 saturated carbocycles. The molecule has 102 valence electrons. The number of rotatable bonds is 6. The molecule has 2 rings (SSSR count). The van der Waals surface area contributed by atoms with Crippen LogP contribution in [0.2, 0.25) is 0 Å². The smallest absolute Gasteiger partial charge is 0.181 e. The molecule has 1 aromatic carbocycles. The van der Waals surface area contributed by atoms with Crippen LogP contribution < -0.4 is 9.47 Å². The van der Waals surface area contributed by atoms with Gasteiger partial charge in [0.05, 0.1) is 14.2 Å². The first kappa shape index (κ1) is 13.4. The predicted molar refractivity (Wildman–Crippen MR) is 70.3 cm³/mol. The van der Waals surface area contributed by atoms with E-state index in [-0.39, 0.29) is 0 Å². The van der Waals surface area contributed by atoms with Gasteiger partial charge in [-0.25, -0.2) is 4.98 Å². The number of H-pyrrole nitrogens is 1. The lowest BCUT2D eigenvalue weighted by Gasteiger charge is -2.07. The first-order valence-corrected chi connectivity index (χ1v) is 6.00. The van der Waals surface area contributed by atoms with Gasteiger partial charge < -0.3 is 14.2 Å². The monoisotopic (exact) mass is 263 g/mol. The average molecular weight is 263 g/mol. The van der Waals surface area contributed by atoms with Crippen LogP contribution in [0, 0.1) is 0 Å². The molecule has 0 spiro atoms. The normalized spacial score (nSPS) is 10.5. The van der Waals surface area contributed by atoms with Crippen molar-refractivity contribution in [1.82, 2.24) is 15.2 Å². The molecule has 0 unspecified atom stereocenters. The van der Waals surface area contributed by atoms with Gasteiger partial charge in [0.25, 0.3) is 0 Å². The third-order valence-corrected chi connectivity index (χ3v) is 2.62. The van der Waals surface area contributed by atoms with Crippen molar-refractivity contribution in [3.05, 3.63) is 24.0 Å². The van der Waals surface area contributed by atoms with Crippen LogP contribution in [0.4, 0.5) is 0 Å². The van der Waals surface area contributed by atoms with Crippen LogP contribution in [0.25, 0.3) is 11.4 Å². The lowest BCUT2D eigenvalue weighted by atomic mass is 10.2. The Morgan fingerprint density at radius 3 is 2.63 bits per heavy atom. The fraction of sp³-hybridized carbons (Fsp3) is 0.385. The summed E-state index contributed by atoms with van der Waals surface area (Å²) in [5.41, 5.74) is 0.858. The van der Waals surface area contributed by atoms with E-state index in [1.54, 1.807) is 14.2 Å². The zero-order valence-electron chi connectivity index (χ0n) is 11.3. The lowest BCUT2D eigenvalue weighted by molar-refractivity contribution is 0.128. The molecule has 0 bridgehead atoms. The Labute approximate surface area is 111 Å². The number of ether oxygens (including phenoxy) is 3. The van der Waals surface area contributed by atoms with Gasteiger partial charge in [0.15, 0.2) is 23.1 Å². The molecule has 1 N–H and O–H groups in total. The summed E-state index contributed by atoms with van der Waals surface area (Å²) in [7, 11) is 3.20. The predicted octanol–water partition coefficient (Wildman–Crippen LogP) is 2.03. The highest BCUT2D eigenvalue weighted by Gasteiger charge is 2.10. The summed E-state index contributed by atoms with van der Waals surface area (Å²) >= 11 is 0. The van der Waals surface area contributed by atoms with Crippen molar-refractivity contribution < 1.29 is 14.2 Å². The van der Waals surface area contributed by atoms with Crippen molar-refractivity contribution in [2.24, 2.45) is 0 Å². The molecular weight excluding hydrogens is 246 g/mol. The summed E-state index contributed by atoms with van der Waals surface area (Å²) in [5, 5.41) is 7.00. The van der Waals surface area contributed by atoms with Gasteiger partial charge in [-0.15, -0.1) is 0 Å². The highest BCUT2D eigenvalue weighted by Crippen LogP contribution is 2.30. The molecule has 1 aromatic heterocycles. The Hall–Kier alpha value is -2.08. The Morgan fingerprint density at radius 1 is 1.16 bits per heavy atom. The van der Waals surface area contributed by atoms with Crippen molar-refractivity contribution in [2.75, 3.05) is 20.8 Å². The standard InChI is InChI=1S/C13H17N3O3/c1-4-19-8-12-14-13(16-15-12)9-5-6-10(17-2)11(7-9)18-3/h5-7H,4,8H2,1-3H3,(H,14,15,16). The average Bonchev–Trinajstić information content (AvgIpc) is 2.93. The molecule has 6 heteroatoms. The van der Waals surface area contributed by atoms with Crippen LogP contribution in [0.15, 0.2) is 18.2 Å². The zero-order valence-corrected chi connectivity index (χ0v) is 11.3. The van der Waals surface area contributed by atoms with Crippen molar-refractivity contribution in [2.45, 2.75) is 13.5 Å². The molecule has 19 heavy (non-hydrogen) atoms. The van der Waals surface area contributed by atoms with Gasteiger partial charge in [0, 0.05) is 12.2 Å². The maximum atomic E-state index is 5.27. The van der Waals surface area contributed by atoms with Gasteiger partial charge in [-0.2, -0.15) is 5.10 Å². The van der Waals surface area contributed by atoms with Gasteiger partial charge in [-0.3, -0.25) is 5.10 Å². The van der Waals surface area contributed by atoms with E-state index in [1.165, 1.54) is 0 Å². The Kier molecular flexibility index (Phi) is 4.35. The quantitative estimate of drug-likeness (QED) is 0.863. The number of nitrogens with zero attached hydrogens (tertiary/aromatic N) is 2. The second kappa shape index (κ2) is 6.19. The number of aromatic amines is 1. The van der Waals surface area contributed by atoms with Crippen LogP contribution in [-0.4, -0.2) is 36.0 Å². The molecule has 1 heterocycles. The van der Waals surface area contributed by atoms with Gasteiger partial charge in [0.2, 0.25) is 0 Å². The summed E-state index contributed by atoms with van der Waals surface area (Å²) in [4.78, 5) is 4.36. The van der Waals surface area contributed by atoms with E-state index in [2.05, 4.69) is 15.2 Å². The number of methoxy groups -OCH3 is 2. The molecule has 0 aliphatic heterocycles. The molecule has 0 radical (unpaired) electrons. The largest absolute Gasteiger partial charge is 0.493 e. The van der Waals surface area contributed by atoms with Crippen molar-refractivity contribution in [3.8, 4) is 22.9 Å².